The molecule has 0 bridgehead atoms. The van der Waals surface area contributed by atoms with Gasteiger partial charge in [0.25, 0.3) is 0 Å². The highest BCUT2D eigenvalue weighted by Gasteiger charge is 2.01. The summed E-state index contributed by atoms with van der Waals surface area (Å²) in [5.41, 5.74) is 5.49. The van der Waals surface area contributed by atoms with Gasteiger partial charge in [-0.3, -0.25) is 0 Å². The van der Waals surface area contributed by atoms with Gasteiger partial charge in [0.2, 0.25) is 0 Å². The molecule has 0 aromatic rings. The van der Waals surface area contributed by atoms with Crippen molar-refractivity contribution in [3.8, 4) is 0 Å². The lowest BCUT2D eigenvalue weighted by atomic mass is 10.2. The molecule has 0 rings (SSSR count). The van der Waals surface area contributed by atoms with Crippen LogP contribution in [0.3, 0.4) is 0 Å². The van der Waals surface area contributed by atoms with Gasteiger partial charge in [-0.05, 0) is 13.3 Å². The van der Waals surface area contributed by atoms with E-state index in [1.54, 1.807) is 14.1 Å². The molecule has 66 valence electrons. The number of nitrogens with zero attached hydrogens (tertiary/aromatic N) is 1. The van der Waals surface area contributed by atoms with E-state index in [9.17, 15) is 4.79 Å². The summed E-state index contributed by atoms with van der Waals surface area (Å²) in [7, 11) is 3.42. The molecular formula is C7H17N3O. The third kappa shape index (κ3) is 5.66. The molecule has 0 aliphatic heterocycles. The third-order valence-electron chi connectivity index (χ3n) is 1.28. The van der Waals surface area contributed by atoms with Gasteiger partial charge in [-0.2, -0.15) is 0 Å². The molecule has 0 aromatic heterocycles. The quantitative estimate of drug-likeness (QED) is 0.608. The van der Waals surface area contributed by atoms with Crippen LogP contribution in [0.2, 0.25) is 0 Å². The standard InChI is InChI=1S/C7H17N3O/c1-6(8)4-5-9-7(11)10(2)3/h6H,4-5,8H2,1-3H3,(H,9,11). The normalized spacial score (nSPS) is 12.4. The Hall–Kier alpha value is -0.770. The van der Waals surface area contributed by atoms with Gasteiger partial charge in [0.15, 0.2) is 0 Å². The monoisotopic (exact) mass is 159 g/mol. The number of rotatable bonds is 3. The number of nitrogens with one attached hydrogen (secondary N) is 1. The molecular weight excluding hydrogens is 142 g/mol. The number of urea groups is 1. The summed E-state index contributed by atoms with van der Waals surface area (Å²) in [6.07, 6.45) is 0.819. The fourth-order valence-electron chi connectivity index (χ4n) is 0.565. The zero-order chi connectivity index (χ0) is 8.85. The summed E-state index contributed by atoms with van der Waals surface area (Å²) in [4.78, 5) is 12.4. The van der Waals surface area contributed by atoms with E-state index in [1.807, 2.05) is 6.92 Å². The molecule has 0 spiro atoms. The van der Waals surface area contributed by atoms with Crippen LogP contribution in [0.15, 0.2) is 0 Å². The van der Waals surface area contributed by atoms with E-state index < -0.39 is 0 Å². The Balaban J connectivity index is 3.32. The summed E-state index contributed by atoms with van der Waals surface area (Å²) in [5.74, 6) is 0. The van der Waals surface area contributed by atoms with E-state index in [2.05, 4.69) is 5.32 Å². The number of amides is 2. The number of nitrogens with two attached hydrogens (primary N) is 1. The average Bonchev–Trinajstić information content (AvgIpc) is 1.86. The molecule has 0 aliphatic rings. The Morgan fingerprint density at radius 1 is 1.64 bits per heavy atom. The molecule has 0 saturated heterocycles. The number of carbonyl (C=O) groups excluding carboxylic acids is 1. The minimum Gasteiger partial charge on any atom is -0.338 e. The second-order valence-corrected chi connectivity index (χ2v) is 2.89. The van der Waals surface area contributed by atoms with Gasteiger partial charge in [0.1, 0.15) is 0 Å². The van der Waals surface area contributed by atoms with Gasteiger partial charge >= 0.3 is 6.03 Å². The molecule has 0 heterocycles. The van der Waals surface area contributed by atoms with Crippen LogP contribution in [-0.2, 0) is 0 Å². The van der Waals surface area contributed by atoms with Crippen molar-refractivity contribution in [2.75, 3.05) is 20.6 Å². The van der Waals surface area contributed by atoms with Gasteiger partial charge in [-0.15, -0.1) is 0 Å². The number of hydrogen-bond acceptors (Lipinski definition) is 2. The molecule has 0 radical (unpaired) electrons. The lowest BCUT2D eigenvalue weighted by Crippen LogP contribution is -2.36. The van der Waals surface area contributed by atoms with Crippen LogP contribution in [-0.4, -0.2) is 37.6 Å². The van der Waals surface area contributed by atoms with E-state index in [-0.39, 0.29) is 12.1 Å². The summed E-state index contributed by atoms with van der Waals surface area (Å²) in [5, 5.41) is 2.72. The fourth-order valence-corrected chi connectivity index (χ4v) is 0.565. The molecule has 0 aromatic carbocycles. The SMILES string of the molecule is CC(N)CCNC(=O)N(C)C. The molecule has 0 saturated carbocycles. The first-order valence-corrected chi connectivity index (χ1v) is 3.74. The second kappa shape index (κ2) is 4.96. The van der Waals surface area contributed by atoms with Gasteiger partial charge < -0.3 is 16.0 Å². The molecule has 1 atom stereocenters. The van der Waals surface area contributed by atoms with Crippen LogP contribution >= 0.6 is 0 Å². The molecule has 11 heavy (non-hydrogen) atoms. The van der Waals surface area contributed by atoms with E-state index in [0.29, 0.717) is 6.54 Å². The molecule has 0 fully saturated rings. The topological polar surface area (TPSA) is 58.4 Å². The van der Waals surface area contributed by atoms with Crippen LogP contribution in [0.5, 0.6) is 0 Å². The molecule has 3 N–H and O–H groups in total. The Morgan fingerprint density at radius 3 is 2.55 bits per heavy atom. The van der Waals surface area contributed by atoms with Gasteiger partial charge in [0, 0.05) is 26.7 Å². The molecule has 1 unspecified atom stereocenters. The van der Waals surface area contributed by atoms with Crippen molar-refractivity contribution in [2.45, 2.75) is 19.4 Å². The van der Waals surface area contributed by atoms with E-state index in [1.165, 1.54) is 4.90 Å². The number of carbonyl (C=O) groups is 1. The highest BCUT2D eigenvalue weighted by Crippen LogP contribution is 1.83. The Labute approximate surface area is 67.7 Å². The van der Waals surface area contributed by atoms with Crippen molar-refractivity contribution in [3.63, 3.8) is 0 Å². The zero-order valence-corrected chi connectivity index (χ0v) is 7.42. The van der Waals surface area contributed by atoms with Gasteiger partial charge in [-0.25, -0.2) is 4.79 Å². The lowest BCUT2D eigenvalue weighted by molar-refractivity contribution is 0.217. The predicted octanol–water partition coefficient (Wildman–Crippen LogP) is -0.00510. The van der Waals surface area contributed by atoms with Crippen LogP contribution in [0.4, 0.5) is 4.79 Å². The van der Waals surface area contributed by atoms with Gasteiger partial charge in [-0.1, -0.05) is 0 Å². The highest BCUT2D eigenvalue weighted by atomic mass is 16.2. The van der Waals surface area contributed by atoms with E-state index in [4.69, 9.17) is 5.73 Å². The van der Waals surface area contributed by atoms with Crippen molar-refractivity contribution in [1.29, 1.82) is 0 Å². The largest absolute Gasteiger partial charge is 0.338 e. The highest BCUT2D eigenvalue weighted by molar-refractivity contribution is 5.73. The van der Waals surface area contributed by atoms with Gasteiger partial charge in [0.05, 0.1) is 0 Å². The van der Waals surface area contributed by atoms with E-state index in [0.717, 1.165) is 6.42 Å². The van der Waals surface area contributed by atoms with Crippen molar-refractivity contribution >= 4 is 6.03 Å². The van der Waals surface area contributed by atoms with Crippen molar-refractivity contribution in [3.05, 3.63) is 0 Å². The van der Waals surface area contributed by atoms with Crippen molar-refractivity contribution in [1.82, 2.24) is 10.2 Å². The first-order chi connectivity index (χ1) is 5.04. The summed E-state index contributed by atoms with van der Waals surface area (Å²) >= 11 is 0. The number of hydrogen-bond donors (Lipinski definition) is 2. The van der Waals surface area contributed by atoms with Crippen molar-refractivity contribution < 1.29 is 4.79 Å². The molecule has 0 aliphatic carbocycles. The molecule has 4 nitrogen and oxygen atoms in total. The Bertz CT molecular complexity index is 123. The van der Waals surface area contributed by atoms with Crippen LogP contribution in [0, 0.1) is 0 Å². The van der Waals surface area contributed by atoms with Crippen LogP contribution in [0.1, 0.15) is 13.3 Å². The maximum absolute atomic E-state index is 10.9. The minimum absolute atomic E-state index is 0.0642. The average molecular weight is 159 g/mol. The fraction of sp³-hybridized carbons (Fsp3) is 0.857. The smallest absolute Gasteiger partial charge is 0.316 e. The maximum atomic E-state index is 10.9. The Morgan fingerprint density at radius 2 is 2.18 bits per heavy atom. The maximum Gasteiger partial charge on any atom is 0.316 e. The van der Waals surface area contributed by atoms with Crippen molar-refractivity contribution in [2.24, 2.45) is 5.73 Å². The zero-order valence-electron chi connectivity index (χ0n) is 7.42. The summed E-state index contributed by atoms with van der Waals surface area (Å²) < 4.78 is 0. The minimum atomic E-state index is -0.0642. The third-order valence-corrected chi connectivity index (χ3v) is 1.28. The second-order valence-electron chi connectivity index (χ2n) is 2.89. The first-order valence-electron chi connectivity index (χ1n) is 3.74. The van der Waals surface area contributed by atoms with Crippen LogP contribution in [0.25, 0.3) is 0 Å². The summed E-state index contributed by atoms with van der Waals surface area (Å²) in [6, 6.07) is 0.0862. The molecule has 2 amide bonds. The molecule has 4 heteroatoms. The first kappa shape index (κ1) is 10.2. The Kier molecular flexibility index (Phi) is 4.61. The van der Waals surface area contributed by atoms with Crippen LogP contribution < -0.4 is 11.1 Å². The predicted molar refractivity (Wildman–Crippen MR) is 45.4 cm³/mol. The lowest BCUT2D eigenvalue weighted by Gasteiger charge is -2.12. The van der Waals surface area contributed by atoms with E-state index >= 15 is 0 Å². The summed E-state index contributed by atoms with van der Waals surface area (Å²) in [6.45, 7) is 2.57.